The Morgan fingerprint density at radius 2 is 2.25 bits per heavy atom. The zero-order valence-electron chi connectivity index (χ0n) is 12.4. The first-order valence-corrected chi connectivity index (χ1v) is 7.04. The molecule has 1 aliphatic rings. The molecule has 0 saturated heterocycles. The van der Waals surface area contributed by atoms with Gasteiger partial charge in [-0.3, -0.25) is 5.10 Å². The third-order valence-corrected chi connectivity index (χ3v) is 4.52. The molecule has 6 heteroatoms. The first-order valence-electron chi connectivity index (χ1n) is 7.04. The molecular weight excluding hydrogens is 254 g/mol. The third kappa shape index (κ3) is 1.86. The van der Waals surface area contributed by atoms with E-state index in [2.05, 4.69) is 46.0 Å². The van der Waals surface area contributed by atoms with Gasteiger partial charge in [-0.05, 0) is 13.3 Å². The molecule has 0 radical (unpaired) electrons. The number of aromatic nitrogens is 4. The topological polar surface area (TPSA) is 66.9 Å². The lowest BCUT2D eigenvalue weighted by molar-refractivity contribution is -0.104. The van der Waals surface area contributed by atoms with Crippen molar-refractivity contribution in [1.29, 1.82) is 0 Å². The number of nitrogens with zero attached hydrogens (tertiary/aromatic N) is 4. The third-order valence-electron chi connectivity index (χ3n) is 4.52. The number of anilines is 1. The summed E-state index contributed by atoms with van der Waals surface area (Å²) < 4.78 is 5.80. The van der Waals surface area contributed by atoms with Crippen LogP contribution in [0.2, 0.25) is 0 Å². The smallest absolute Gasteiger partial charge is 0.160 e. The van der Waals surface area contributed by atoms with Gasteiger partial charge in [-0.1, -0.05) is 13.8 Å². The van der Waals surface area contributed by atoms with Gasteiger partial charge in [0.05, 0.1) is 17.7 Å². The Morgan fingerprint density at radius 1 is 1.45 bits per heavy atom. The Balaban J connectivity index is 1.87. The normalized spacial score (nSPS) is 24.6. The molecule has 2 aromatic rings. The van der Waals surface area contributed by atoms with Crippen molar-refractivity contribution in [3.05, 3.63) is 12.5 Å². The highest BCUT2D eigenvalue weighted by Crippen LogP contribution is 2.46. The summed E-state index contributed by atoms with van der Waals surface area (Å²) in [5.74, 6) is 0.928. The van der Waals surface area contributed by atoms with Gasteiger partial charge in [-0.15, -0.1) is 0 Å². The number of nitrogens with one attached hydrogen (secondary N) is 1. The van der Waals surface area contributed by atoms with Crippen LogP contribution in [0.3, 0.4) is 0 Å². The summed E-state index contributed by atoms with van der Waals surface area (Å²) in [7, 11) is 2.09. The van der Waals surface area contributed by atoms with Crippen LogP contribution >= 0.6 is 0 Å². The molecule has 20 heavy (non-hydrogen) atoms. The standard InChI is InChI=1S/C14H21N5O/c1-5-20-11-6-10(14(11,2)3)19(4)13-9-7-17-18-12(9)15-8-16-13/h7-8,10-11H,5-6H2,1-4H3,(H,15,16,17,18). The molecule has 0 aliphatic heterocycles. The van der Waals surface area contributed by atoms with Gasteiger partial charge in [0, 0.05) is 25.1 Å². The minimum Gasteiger partial charge on any atom is -0.378 e. The Bertz CT molecular complexity index is 608. The minimum absolute atomic E-state index is 0.117. The van der Waals surface area contributed by atoms with E-state index in [9.17, 15) is 0 Å². The predicted molar refractivity (Wildman–Crippen MR) is 77.7 cm³/mol. The van der Waals surface area contributed by atoms with Crippen LogP contribution in [0.1, 0.15) is 27.2 Å². The molecule has 1 fully saturated rings. The van der Waals surface area contributed by atoms with Crippen molar-refractivity contribution in [3.63, 3.8) is 0 Å². The van der Waals surface area contributed by atoms with Crippen molar-refractivity contribution in [2.45, 2.75) is 39.3 Å². The van der Waals surface area contributed by atoms with Crippen LogP contribution < -0.4 is 4.90 Å². The lowest BCUT2D eigenvalue weighted by Gasteiger charge is -2.55. The van der Waals surface area contributed by atoms with Gasteiger partial charge in [-0.2, -0.15) is 5.10 Å². The van der Waals surface area contributed by atoms with Crippen molar-refractivity contribution in [1.82, 2.24) is 20.2 Å². The first-order chi connectivity index (χ1) is 9.55. The largest absolute Gasteiger partial charge is 0.378 e. The summed E-state index contributed by atoms with van der Waals surface area (Å²) in [5.41, 5.74) is 0.895. The van der Waals surface area contributed by atoms with E-state index in [0.29, 0.717) is 12.1 Å². The quantitative estimate of drug-likeness (QED) is 0.924. The van der Waals surface area contributed by atoms with E-state index in [1.807, 2.05) is 6.92 Å². The molecule has 1 saturated carbocycles. The highest BCUT2D eigenvalue weighted by molar-refractivity contribution is 5.86. The molecule has 2 unspecified atom stereocenters. The van der Waals surface area contributed by atoms with E-state index >= 15 is 0 Å². The maximum absolute atomic E-state index is 5.80. The van der Waals surface area contributed by atoms with Gasteiger partial charge in [0.1, 0.15) is 12.1 Å². The number of aromatic amines is 1. The maximum atomic E-state index is 5.80. The van der Waals surface area contributed by atoms with Crippen molar-refractivity contribution >= 4 is 16.9 Å². The number of H-pyrrole nitrogens is 1. The van der Waals surface area contributed by atoms with E-state index in [4.69, 9.17) is 4.74 Å². The van der Waals surface area contributed by atoms with E-state index < -0.39 is 0 Å². The molecule has 1 N–H and O–H groups in total. The molecular formula is C14H21N5O. The Kier molecular flexibility index (Phi) is 3.12. The SMILES string of the molecule is CCOC1CC(N(C)c2ncnc3[nH]ncc23)C1(C)C. The maximum Gasteiger partial charge on any atom is 0.160 e. The van der Waals surface area contributed by atoms with Crippen LogP contribution in [-0.4, -0.2) is 46.0 Å². The fourth-order valence-electron chi connectivity index (χ4n) is 3.19. The van der Waals surface area contributed by atoms with E-state index in [1.165, 1.54) is 0 Å². The Hall–Kier alpha value is -1.69. The number of hydrogen-bond donors (Lipinski definition) is 1. The van der Waals surface area contributed by atoms with Gasteiger partial charge >= 0.3 is 0 Å². The van der Waals surface area contributed by atoms with E-state index in [1.54, 1.807) is 12.5 Å². The van der Waals surface area contributed by atoms with Crippen LogP contribution in [-0.2, 0) is 4.74 Å². The highest BCUT2D eigenvalue weighted by atomic mass is 16.5. The van der Waals surface area contributed by atoms with Crippen LogP contribution in [0.4, 0.5) is 5.82 Å². The average Bonchev–Trinajstić information content (AvgIpc) is 2.90. The second-order valence-corrected chi connectivity index (χ2v) is 5.96. The molecule has 1 aliphatic carbocycles. The molecule has 0 bridgehead atoms. The van der Waals surface area contributed by atoms with Gasteiger partial charge < -0.3 is 9.64 Å². The second-order valence-electron chi connectivity index (χ2n) is 5.96. The molecule has 6 nitrogen and oxygen atoms in total. The number of fused-ring (bicyclic) bond motifs is 1. The summed E-state index contributed by atoms with van der Waals surface area (Å²) in [6.45, 7) is 7.33. The Labute approximate surface area is 118 Å². The van der Waals surface area contributed by atoms with Gasteiger partial charge in [0.2, 0.25) is 0 Å². The monoisotopic (exact) mass is 275 g/mol. The second kappa shape index (κ2) is 4.70. The van der Waals surface area contributed by atoms with Crippen molar-refractivity contribution in [2.24, 2.45) is 5.41 Å². The van der Waals surface area contributed by atoms with Crippen molar-refractivity contribution in [2.75, 3.05) is 18.6 Å². The zero-order chi connectivity index (χ0) is 14.3. The van der Waals surface area contributed by atoms with Crippen LogP contribution in [0.15, 0.2) is 12.5 Å². The summed E-state index contributed by atoms with van der Waals surface area (Å²) >= 11 is 0. The van der Waals surface area contributed by atoms with Crippen molar-refractivity contribution < 1.29 is 4.74 Å². The van der Waals surface area contributed by atoms with Crippen molar-refractivity contribution in [3.8, 4) is 0 Å². The molecule has 0 aromatic carbocycles. The van der Waals surface area contributed by atoms with E-state index in [0.717, 1.165) is 29.9 Å². The van der Waals surface area contributed by atoms with E-state index in [-0.39, 0.29) is 5.41 Å². The molecule has 2 aromatic heterocycles. The van der Waals surface area contributed by atoms with Gasteiger partial charge in [-0.25, -0.2) is 9.97 Å². The highest BCUT2D eigenvalue weighted by Gasteiger charge is 2.51. The van der Waals surface area contributed by atoms with Crippen LogP contribution in [0, 0.1) is 5.41 Å². The average molecular weight is 275 g/mol. The summed E-state index contributed by atoms with van der Waals surface area (Å²) in [5, 5.41) is 7.90. The van der Waals surface area contributed by atoms with Crippen LogP contribution in [0.25, 0.3) is 11.0 Å². The number of rotatable bonds is 4. The van der Waals surface area contributed by atoms with Crippen LogP contribution in [0.5, 0.6) is 0 Å². The molecule has 3 rings (SSSR count). The summed E-state index contributed by atoms with van der Waals surface area (Å²) in [6.07, 6.45) is 4.72. The number of ether oxygens (including phenoxy) is 1. The Morgan fingerprint density at radius 3 is 2.95 bits per heavy atom. The number of hydrogen-bond acceptors (Lipinski definition) is 5. The molecule has 2 heterocycles. The molecule has 108 valence electrons. The molecule has 2 atom stereocenters. The molecule has 0 spiro atoms. The lowest BCUT2D eigenvalue weighted by atomic mass is 9.64. The van der Waals surface area contributed by atoms with Gasteiger partial charge in [0.15, 0.2) is 5.65 Å². The molecule has 0 amide bonds. The fourth-order valence-corrected chi connectivity index (χ4v) is 3.19. The summed E-state index contributed by atoms with van der Waals surface area (Å²) in [6, 6.07) is 0.409. The zero-order valence-corrected chi connectivity index (χ0v) is 12.4. The first kappa shape index (κ1) is 13.3. The summed E-state index contributed by atoms with van der Waals surface area (Å²) in [4.78, 5) is 10.9. The predicted octanol–water partition coefficient (Wildman–Crippen LogP) is 1.99. The minimum atomic E-state index is 0.117. The fraction of sp³-hybridized carbons (Fsp3) is 0.643. The van der Waals surface area contributed by atoms with Gasteiger partial charge in [0.25, 0.3) is 0 Å². The lowest BCUT2D eigenvalue weighted by Crippen LogP contribution is -2.61.